The molecule has 0 saturated carbocycles. The van der Waals surface area contributed by atoms with Crippen molar-refractivity contribution in [1.29, 1.82) is 0 Å². The molecular formula is C12H17NaO5S3. The Morgan fingerprint density at radius 2 is 1.71 bits per heavy atom. The van der Waals surface area contributed by atoms with Crippen LogP contribution >= 0.6 is 21.6 Å². The first-order valence-corrected chi connectivity index (χ1v) is 9.34. The molecule has 9 heteroatoms. The predicted molar refractivity (Wildman–Crippen MR) is 82.8 cm³/mol. The molecule has 5 nitrogen and oxygen atoms in total. The van der Waals surface area contributed by atoms with Gasteiger partial charge in [-0.2, -0.15) is 0 Å². The smallest absolute Gasteiger partial charge is 0.772 e. The Hall–Kier alpha value is 0.430. The van der Waals surface area contributed by atoms with Gasteiger partial charge in [-0.05, 0) is 17.2 Å². The van der Waals surface area contributed by atoms with Crippen molar-refractivity contribution >= 4 is 32.7 Å². The fourth-order valence-electron chi connectivity index (χ4n) is 1.39. The molecular weight excluding hydrogens is 343 g/mol. The van der Waals surface area contributed by atoms with E-state index in [0.29, 0.717) is 23.7 Å². The molecule has 0 radical (unpaired) electrons. The summed E-state index contributed by atoms with van der Waals surface area (Å²) in [5, 5.41) is 0. The number of methoxy groups -OCH3 is 3. The molecule has 0 amide bonds. The third kappa shape index (κ3) is 7.49. The molecule has 0 spiro atoms. The Morgan fingerprint density at radius 3 is 2.14 bits per heavy atom. The molecule has 0 N–H and O–H groups in total. The van der Waals surface area contributed by atoms with Crippen LogP contribution in [0.3, 0.4) is 0 Å². The normalized spacial score (nSPS) is 11.4. The van der Waals surface area contributed by atoms with E-state index in [4.69, 9.17) is 14.2 Å². The van der Waals surface area contributed by atoms with Gasteiger partial charge in [0.2, 0.25) is 0 Å². The molecule has 0 aromatic heterocycles. The average Bonchev–Trinajstić information content (AvgIpc) is 2.46. The number of hydrogen-bond donors (Lipinski definition) is 0. The predicted octanol–water partition coefficient (Wildman–Crippen LogP) is -0.274. The Kier molecular flexibility index (Phi) is 12.2. The second kappa shape index (κ2) is 11.9. The summed E-state index contributed by atoms with van der Waals surface area (Å²) in [5.74, 6) is 2.92. The summed E-state index contributed by atoms with van der Waals surface area (Å²) in [4.78, 5) is 0.865. The van der Waals surface area contributed by atoms with Gasteiger partial charge in [0, 0.05) is 23.6 Å². The summed E-state index contributed by atoms with van der Waals surface area (Å²) in [6.07, 6.45) is 0.620. The van der Waals surface area contributed by atoms with E-state index in [2.05, 4.69) is 0 Å². The fraction of sp³-hybridized carbons (Fsp3) is 0.500. The van der Waals surface area contributed by atoms with Gasteiger partial charge in [0.05, 0.1) is 21.3 Å². The van der Waals surface area contributed by atoms with E-state index in [-0.39, 0.29) is 35.3 Å². The number of ether oxygens (including phenoxy) is 3. The van der Waals surface area contributed by atoms with E-state index < -0.39 is 11.1 Å². The van der Waals surface area contributed by atoms with Gasteiger partial charge in [-0.1, -0.05) is 21.9 Å². The maximum Gasteiger partial charge on any atom is 1.00 e. The number of hydrogen-bond acceptors (Lipinski definition) is 7. The minimum atomic E-state index is -1.97. The summed E-state index contributed by atoms with van der Waals surface area (Å²) >= 11 is -1.97. The summed E-state index contributed by atoms with van der Waals surface area (Å²) in [7, 11) is 7.82. The van der Waals surface area contributed by atoms with Crippen molar-refractivity contribution in [3.05, 3.63) is 12.1 Å². The zero-order valence-electron chi connectivity index (χ0n) is 12.5. The van der Waals surface area contributed by atoms with Crippen LogP contribution in [0.2, 0.25) is 0 Å². The van der Waals surface area contributed by atoms with Crippen molar-refractivity contribution in [2.24, 2.45) is 0 Å². The monoisotopic (exact) mass is 360 g/mol. The zero-order chi connectivity index (χ0) is 15.0. The van der Waals surface area contributed by atoms with Crippen molar-refractivity contribution in [3.8, 4) is 17.2 Å². The molecule has 0 heterocycles. The van der Waals surface area contributed by atoms with Crippen LogP contribution in [0.5, 0.6) is 17.2 Å². The van der Waals surface area contributed by atoms with E-state index in [9.17, 15) is 8.76 Å². The van der Waals surface area contributed by atoms with E-state index in [1.807, 2.05) is 0 Å². The first-order valence-electron chi connectivity index (χ1n) is 5.77. The zero-order valence-corrected chi connectivity index (χ0v) is 17.0. The van der Waals surface area contributed by atoms with Crippen LogP contribution in [-0.2, 0) is 11.1 Å². The maximum atomic E-state index is 10.4. The van der Waals surface area contributed by atoms with Crippen molar-refractivity contribution in [1.82, 2.24) is 0 Å². The summed E-state index contributed by atoms with van der Waals surface area (Å²) in [6.45, 7) is 0. The van der Waals surface area contributed by atoms with Crippen LogP contribution in [0.25, 0.3) is 0 Å². The van der Waals surface area contributed by atoms with Gasteiger partial charge in [0.25, 0.3) is 0 Å². The third-order valence-corrected chi connectivity index (χ3v) is 5.47. The molecule has 0 aliphatic carbocycles. The van der Waals surface area contributed by atoms with Gasteiger partial charge in [0.1, 0.15) is 22.1 Å². The van der Waals surface area contributed by atoms with Crippen LogP contribution in [-0.4, -0.2) is 41.6 Å². The molecule has 1 aromatic rings. The molecule has 0 fully saturated rings. The second-order valence-corrected chi connectivity index (χ2v) is 7.07. The minimum absolute atomic E-state index is 0. The number of rotatable bonds is 9. The van der Waals surface area contributed by atoms with Gasteiger partial charge in [-0.25, -0.2) is 0 Å². The van der Waals surface area contributed by atoms with Gasteiger partial charge in [0.15, 0.2) is 0 Å². The molecule has 1 unspecified atom stereocenters. The quantitative estimate of drug-likeness (QED) is 0.260. The average molecular weight is 360 g/mol. The molecule has 0 aliphatic heterocycles. The first kappa shape index (κ1) is 21.4. The minimum Gasteiger partial charge on any atom is -0.772 e. The van der Waals surface area contributed by atoms with E-state index in [1.165, 1.54) is 10.8 Å². The summed E-state index contributed by atoms with van der Waals surface area (Å²) in [5.41, 5.74) is 0. The summed E-state index contributed by atoms with van der Waals surface area (Å²) < 4.78 is 36.7. The first-order chi connectivity index (χ1) is 9.62. The van der Waals surface area contributed by atoms with Crippen molar-refractivity contribution in [3.63, 3.8) is 0 Å². The van der Waals surface area contributed by atoms with E-state index in [1.54, 1.807) is 44.3 Å². The van der Waals surface area contributed by atoms with Crippen molar-refractivity contribution in [2.75, 3.05) is 32.8 Å². The Labute approximate surface area is 157 Å². The molecule has 0 aliphatic rings. The van der Waals surface area contributed by atoms with Crippen molar-refractivity contribution in [2.45, 2.75) is 11.3 Å². The molecule has 114 valence electrons. The summed E-state index contributed by atoms with van der Waals surface area (Å²) in [6, 6.07) is 3.58. The van der Waals surface area contributed by atoms with Crippen LogP contribution in [0.4, 0.5) is 0 Å². The van der Waals surface area contributed by atoms with Crippen molar-refractivity contribution < 1.29 is 52.5 Å². The van der Waals surface area contributed by atoms with Crippen LogP contribution in [0.15, 0.2) is 17.0 Å². The fourth-order valence-corrected chi connectivity index (χ4v) is 4.32. The molecule has 0 saturated heterocycles. The van der Waals surface area contributed by atoms with Gasteiger partial charge in [-0.3, -0.25) is 4.21 Å². The van der Waals surface area contributed by atoms with E-state index >= 15 is 0 Å². The maximum absolute atomic E-state index is 10.4. The Morgan fingerprint density at radius 1 is 1.14 bits per heavy atom. The molecule has 0 bridgehead atoms. The number of benzene rings is 1. The Bertz CT molecular complexity index is 434. The molecule has 21 heavy (non-hydrogen) atoms. The molecule has 1 atom stereocenters. The molecule has 1 aromatic carbocycles. The third-order valence-electron chi connectivity index (χ3n) is 2.35. The Balaban J connectivity index is 0.00000400. The van der Waals surface area contributed by atoms with Gasteiger partial charge >= 0.3 is 29.6 Å². The van der Waals surface area contributed by atoms with E-state index in [0.717, 1.165) is 10.6 Å². The molecule has 1 rings (SSSR count). The second-order valence-electron chi connectivity index (χ2n) is 3.63. The largest absolute Gasteiger partial charge is 1.00 e. The van der Waals surface area contributed by atoms with Crippen LogP contribution in [0, 0.1) is 0 Å². The van der Waals surface area contributed by atoms with Gasteiger partial charge in [-0.15, -0.1) is 0 Å². The van der Waals surface area contributed by atoms with Gasteiger partial charge < -0.3 is 18.8 Å². The SMILES string of the molecule is COc1cc(OC)c(SSCCCS(=O)[O-])c(OC)c1.[Na+]. The van der Waals surface area contributed by atoms with Crippen LogP contribution < -0.4 is 43.8 Å². The topological polar surface area (TPSA) is 67.8 Å². The standard InChI is InChI=1S/C12H18O5S3.Na/c1-15-9-7-10(16-2)12(11(8-9)17-3)19-18-5-4-6-20(13)14;/h7-8H,4-6H2,1-3H3,(H,13,14);/q;+1/p-1. The van der Waals surface area contributed by atoms with Crippen LogP contribution in [0.1, 0.15) is 6.42 Å².